The summed E-state index contributed by atoms with van der Waals surface area (Å²) in [6.45, 7) is 0. The third-order valence-electron chi connectivity index (χ3n) is 6.37. The Hall–Kier alpha value is -4.01. The molecule has 0 aliphatic heterocycles. The number of carbonyl (C=O) groups excluding carboxylic acids is 1. The molecule has 5 rings (SSSR count). The molecule has 0 spiro atoms. The van der Waals surface area contributed by atoms with Crippen molar-refractivity contribution in [3.8, 4) is 34.0 Å². The number of amides is 1. The highest BCUT2D eigenvalue weighted by Crippen LogP contribution is 2.55. The molecule has 0 unspecified atom stereocenters. The van der Waals surface area contributed by atoms with Gasteiger partial charge in [-0.25, -0.2) is 4.39 Å². The molecule has 0 bridgehead atoms. The highest BCUT2D eigenvalue weighted by atomic mass is 19.1. The van der Waals surface area contributed by atoms with Gasteiger partial charge in [0.25, 0.3) is 0 Å². The SMILES string of the molecule is COc1ccc(-c2ccc(NC(=O)C3(C4=C(F)CCC=C4)CC3)cc2-c2nn[nH]n2)cc1OC. The van der Waals surface area contributed by atoms with Gasteiger partial charge in [-0.2, -0.15) is 5.21 Å². The minimum absolute atomic E-state index is 0.188. The van der Waals surface area contributed by atoms with Crippen LogP contribution in [0.2, 0.25) is 0 Å². The summed E-state index contributed by atoms with van der Waals surface area (Å²) in [5.74, 6) is 1.19. The average molecular weight is 461 g/mol. The summed E-state index contributed by atoms with van der Waals surface area (Å²) in [5.41, 5.74) is 2.64. The molecule has 8 nitrogen and oxygen atoms in total. The summed E-state index contributed by atoms with van der Waals surface area (Å²) in [5, 5.41) is 17.4. The first-order chi connectivity index (χ1) is 16.6. The Morgan fingerprint density at radius 2 is 1.91 bits per heavy atom. The summed E-state index contributed by atoms with van der Waals surface area (Å²) >= 11 is 0. The number of halogens is 1. The number of rotatable bonds is 7. The Bertz CT molecular complexity index is 1300. The Kier molecular flexibility index (Phi) is 5.61. The molecule has 34 heavy (non-hydrogen) atoms. The molecule has 0 atom stereocenters. The van der Waals surface area contributed by atoms with Gasteiger partial charge in [-0.1, -0.05) is 24.3 Å². The molecule has 174 valence electrons. The quantitative estimate of drug-likeness (QED) is 0.522. The molecule has 0 radical (unpaired) electrons. The number of hydrogen-bond donors (Lipinski definition) is 2. The van der Waals surface area contributed by atoms with Gasteiger partial charge < -0.3 is 14.8 Å². The van der Waals surface area contributed by atoms with Crippen molar-refractivity contribution in [2.45, 2.75) is 25.7 Å². The number of methoxy groups -OCH3 is 2. The zero-order chi connectivity index (χ0) is 23.7. The fourth-order valence-corrected chi connectivity index (χ4v) is 4.39. The van der Waals surface area contributed by atoms with Crippen molar-refractivity contribution in [1.29, 1.82) is 0 Å². The molecule has 2 N–H and O–H groups in total. The van der Waals surface area contributed by atoms with Crippen LogP contribution in [0, 0.1) is 5.41 Å². The third-order valence-corrected chi connectivity index (χ3v) is 6.37. The van der Waals surface area contributed by atoms with E-state index in [0.717, 1.165) is 11.1 Å². The van der Waals surface area contributed by atoms with Crippen LogP contribution in [0.25, 0.3) is 22.5 Å². The van der Waals surface area contributed by atoms with Gasteiger partial charge in [0.05, 0.1) is 19.6 Å². The van der Waals surface area contributed by atoms with E-state index in [-0.39, 0.29) is 11.7 Å². The largest absolute Gasteiger partial charge is 0.493 e. The van der Waals surface area contributed by atoms with Crippen molar-refractivity contribution >= 4 is 11.6 Å². The number of benzene rings is 2. The van der Waals surface area contributed by atoms with Crippen LogP contribution in [0.15, 0.2) is 60.0 Å². The molecule has 1 amide bonds. The number of carbonyl (C=O) groups is 1. The Labute approximate surface area is 195 Å². The molecular weight excluding hydrogens is 437 g/mol. The maximum absolute atomic E-state index is 14.5. The highest BCUT2D eigenvalue weighted by molar-refractivity contribution is 6.01. The smallest absolute Gasteiger partial charge is 0.235 e. The van der Waals surface area contributed by atoms with E-state index in [4.69, 9.17) is 9.47 Å². The van der Waals surface area contributed by atoms with Crippen molar-refractivity contribution in [3.05, 3.63) is 60.0 Å². The van der Waals surface area contributed by atoms with Gasteiger partial charge in [-0.3, -0.25) is 4.79 Å². The predicted octanol–water partition coefficient (Wildman–Crippen LogP) is 4.84. The predicted molar refractivity (Wildman–Crippen MR) is 125 cm³/mol. The second kappa shape index (κ2) is 8.74. The van der Waals surface area contributed by atoms with E-state index in [2.05, 4.69) is 25.9 Å². The second-order valence-corrected chi connectivity index (χ2v) is 8.36. The van der Waals surface area contributed by atoms with Gasteiger partial charge in [0.15, 0.2) is 11.5 Å². The van der Waals surface area contributed by atoms with Gasteiger partial charge in [-0.05, 0) is 65.4 Å². The molecule has 1 saturated carbocycles. The molecule has 9 heteroatoms. The van der Waals surface area contributed by atoms with E-state index in [9.17, 15) is 9.18 Å². The number of hydrogen-bond acceptors (Lipinski definition) is 6. The summed E-state index contributed by atoms with van der Waals surface area (Å²) in [4.78, 5) is 13.2. The van der Waals surface area contributed by atoms with Gasteiger partial charge in [0.1, 0.15) is 5.83 Å². The van der Waals surface area contributed by atoms with Gasteiger partial charge in [0, 0.05) is 17.7 Å². The number of aromatic nitrogens is 4. The number of H-pyrrole nitrogens is 1. The van der Waals surface area contributed by atoms with E-state index in [1.54, 1.807) is 26.4 Å². The van der Waals surface area contributed by atoms with Gasteiger partial charge >= 0.3 is 0 Å². The minimum Gasteiger partial charge on any atom is -0.493 e. The van der Waals surface area contributed by atoms with Crippen LogP contribution in [0.4, 0.5) is 10.1 Å². The maximum Gasteiger partial charge on any atom is 0.235 e. The molecule has 1 fully saturated rings. The average Bonchev–Trinajstić information content (AvgIpc) is 3.49. The summed E-state index contributed by atoms with van der Waals surface area (Å²) in [6, 6.07) is 11.1. The topological polar surface area (TPSA) is 102 Å². The van der Waals surface area contributed by atoms with Crippen molar-refractivity contribution in [2.75, 3.05) is 19.5 Å². The number of ether oxygens (including phenoxy) is 2. The van der Waals surface area contributed by atoms with Crippen LogP contribution >= 0.6 is 0 Å². The van der Waals surface area contributed by atoms with Crippen molar-refractivity contribution in [2.24, 2.45) is 5.41 Å². The number of tetrazole rings is 1. The molecule has 2 aliphatic rings. The molecule has 3 aromatic rings. The molecule has 1 heterocycles. The van der Waals surface area contributed by atoms with Crippen LogP contribution in [0.3, 0.4) is 0 Å². The Morgan fingerprint density at radius 3 is 2.59 bits per heavy atom. The Morgan fingerprint density at radius 1 is 1.09 bits per heavy atom. The molecule has 2 aliphatic carbocycles. The van der Waals surface area contributed by atoms with E-state index in [1.807, 2.05) is 36.4 Å². The van der Waals surface area contributed by atoms with Crippen LogP contribution in [0.5, 0.6) is 11.5 Å². The third kappa shape index (κ3) is 3.83. The first-order valence-corrected chi connectivity index (χ1v) is 11.0. The number of aromatic amines is 1. The molecule has 1 aromatic heterocycles. The first kappa shape index (κ1) is 21.8. The van der Waals surface area contributed by atoms with Crippen LogP contribution in [0.1, 0.15) is 25.7 Å². The zero-order valence-corrected chi connectivity index (χ0v) is 18.9. The first-order valence-electron chi connectivity index (χ1n) is 11.0. The van der Waals surface area contributed by atoms with Crippen LogP contribution < -0.4 is 14.8 Å². The monoisotopic (exact) mass is 461 g/mol. The second-order valence-electron chi connectivity index (χ2n) is 8.36. The van der Waals surface area contributed by atoms with E-state index in [1.165, 1.54) is 0 Å². The van der Waals surface area contributed by atoms with Crippen molar-refractivity contribution in [1.82, 2.24) is 20.6 Å². The zero-order valence-electron chi connectivity index (χ0n) is 18.9. The fourth-order valence-electron chi connectivity index (χ4n) is 4.39. The lowest BCUT2D eigenvalue weighted by Crippen LogP contribution is -2.26. The van der Waals surface area contributed by atoms with Gasteiger partial charge in [0.2, 0.25) is 11.7 Å². The van der Waals surface area contributed by atoms with Crippen molar-refractivity contribution in [3.63, 3.8) is 0 Å². The lowest BCUT2D eigenvalue weighted by atomic mass is 9.89. The standard InChI is InChI=1S/C25H24FN5O3/c1-33-21-10-7-15(13-22(21)34-2)17-9-8-16(14-18(17)23-28-30-31-29-23)27-24(32)25(11-12-25)19-5-3-4-6-20(19)26/h3,5,7-10,13-14H,4,6,11-12H2,1-2H3,(H,27,32)(H,28,29,30,31). The lowest BCUT2D eigenvalue weighted by Gasteiger charge is -2.20. The molecule has 2 aromatic carbocycles. The number of nitrogens with one attached hydrogen (secondary N) is 2. The number of anilines is 1. The van der Waals surface area contributed by atoms with E-state index >= 15 is 0 Å². The minimum atomic E-state index is -0.796. The molecular formula is C25H24FN5O3. The fraction of sp³-hybridized carbons (Fsp3) is 0.280. The van der Waals surface area contributed by atoms with Crippen LogP contribution in [-0.2, 0) is 4.79 Å². The van der Waals surface area contributed by atoms with E-state index in [0.29, 0.717) is 59.8 Å². The van der Waals surface area contributed by atoms with Gasteiger partial charge in [-0.15, -0.1) is 10.2 Å². The van der Waals surface area contributed by atoms with Crippen molar-refractivity contribution < 1.29 is 18.7 Å². The normalized spacial score (nSPS) is 16.3. The number of allylic oxidation sites excluding steroid dienone is 3. The lowest BCUT2D eigenvalue weighted by molar-refractivity contribution is -0.119. The maximum atomic E-state index is 14.5. The van der Waals surface area contributed by atoms with Crippen LogP contribution in [-0.4, -0.2) is 40.8 Å². The summed E-state index contributed by atoms with van der Waals surface area (Å²) in [6.07, 6.45) is 5.97. The summed E-state index contributed by atoms with van der Waals surface area (Å²) < 4.78 is 25.3. The summed E-state index contributed by atoms with van der Waals surface area (Å²) in [7, 11) is 3.16. The number of nitrogens with zero attached hydrogens (tertiary/aromatic N) is 3. The molecule has 0 saturated heterocycles. The Balaban J connectivity index is 1.50. The highest BCUT2D eigenvalue weighted by Gasteiger charge is 2.53. The van der Waals surface area contributed by atoms with E-state index < -0.39 is 5.41 Å².